The molecule has 15 aromatic rings. The first-order valence-electron chi connectivity index (χ1n) is 29.0. The number of aromatic nitrogens is 6. The Labute approximate surface area is 552 Å². The molecule has 0 amide bonds. The summed E-state index contributed by atoms with van der Waals surface area (Å²) in [5, 5.41) is 4.63. The zero-order chi connectivity index (χ0) is 63.7. The van der Waals surface area contributed by atoms with Gasteiger partial charge in [-0.15, -0.1) is 45.3 Å². The number of pyridine rings is 6. The molecule has 94 heavy (non-hydrogen) atoms. The van der Waals surface area contributed by atoms with Gasteiger partial charge in [-0.1, -0.05) is 72.8 Å². The van der Waals surface area contributed by atoms with Crippen LogP contribution in [0.1, 0.15) is 0 Å². The van der Waals surface area contributed by atoms with Gasteiger partial charge in [0.1, 0.15) is 33.0 Å². The largest absolute Gasteiger partial charge is 0.429 e. The number of carbonyl (C=O) groups is 4. The highest BCUT2D eigenvalue weighted by molar-refractivity contribution is 7.31. The van der Waals surface area contributed by atoms with Gasteiger partial charge in [-0.3, -0.25) is 39.1 Å². The van der Waals surface area contributed by atoms with E-state index >= 15 is 0 Å². The average Bonchev–Trinajstić information content (AvgIpc) is 1.69. The van der Waals surface area contributed by atoms with Gasteiger partial charge in [-0.2, -0.15) is 0 Å². The van der Waals surface area contributed by atoms with Crippen molar-refractivity contribution in [3.05, 3.63) is 255 Å². The molecule has 0 spiro atoms. The highest BCUT2D eigenvalue weighted by Gasteiger charge is 2.21. The maximum absolute atomic E-state index is 11.2. The summed E-state index contributed by atoms with van der Waals surface area (Å²) in [6.45, 7) is 1.41. The number of para-hydroxylation sites is 4. The molecule has 0 aliphatic rings. The molecule has 10 heterocycles. The predicted molar refractivity (Wildman–Crippen MR) is 372 cm³/mol. The Hall–Kier alpha value is -11.9. The normalized spacial score (nSPS) is 10.9. The number of anilines is 6. The van der Waals surface area contributed by atoms with Gasteiger partial charge in [-0.05, 0) is 143 Å². The molecule has 0 N–H and O–H groups in total. The van der Waals surface area contributed by atoms with Gasteiger partial charge in [-0.25, -0.2) is 9.97 Å². The molecule has 15 rings (SSSR count). The van der Waals surface area contributed by atoms with Crippen molar-refractivity contribution in [2.75, 3.05) is 9.80 Å². The molecule has 0 unspecified atom stereocenters. The van der Waals surface area contributed by atoms with Crippen LogP contribution in [0.25, 0.3) is 96.0 Å². The molecule has 16 nitrogen and oxygen atoms in total. The Balaban J connectivity index is 0.000000163. The minimum atomic E-state index is 0.283. The zero-order valence-electron chi connectivity index (χ0n) is 49.0. The first kappa shape index (κ1) is 59.7. The van der Waals surface area contributed by atoms with E-state index in [1.165, 1.54) is 36.6 Å². The number of hydrogen-bond donors (Lipinski definition) is 0. The number of thiophene rings is 4. The molecule has 454 valence electrons. The van der Waals surface area contributed by atoms with Crippen LogP contribution in [0.15, 0.2) is 255 Å². The highest BCUT2D eigenvalue weighted by Crippen LogP contribution is 2.48. The van der Waals surface area contributed by atoms with Crippen molar-refractivity contribution in [2.24, 2.45) is 0 Å². The summed E-state index contributed by atoms with van der Waals surface area (Å²) in [6, 6.07) is 75.6. The van der Waals surface area contributed by atoms with Crippen molar-refractivity contribution in [1.29, 1.82) is 0 Å². The van der Waals surface area contributed by atoms with Crippen LogP contribution >= 0.6 is 45.3 Å². The maximum Gasteiger partial charge on any atom is 0.298 e. The summed E-state index contributed by atoms with van der Waals surface area (Å²) in [4.78, 5) is 78.3. The van der Waals surface area contributed by atoms with Crippen LogP contribution in [0.2, 0.25) is 0 Å². The minimum Gasteiger partial charge on any atom is -0.429 e. The van der Waals surface area contributed by atoms with Gasteiger partial charge in [0.25, 0.3) is 25.9 Å². The summed E-state index contributed by atoms with van der Waals surface area (Å²) in [7, 11) is 0. The summed E-state index contributed by atoms with van der Waals surface area (Å²) in [5.41, 5.74) is 10.3. The lowest BCUT2D eigenvalue weighted by atomic mass is 10.1. The summed E-state index contributed by atoms with van der Waals surface area (Å²) < 4.78 is 25.1. The van der Waals surface area contributed by atoms with E-state index in [0.717, 1.165) is 59.0 Å². The standard InChI is InChI=1S/C39H24N4O4S2.C35H22N4O4S2/c44-23-46-30-12-14-41-33(20-30)35-22-31(47-24-45)21-34(42-35)32-15-25(11-13-40-32)36-16-26-17-38-27(18-37(26)48-36)19-39(49-38)43(28-7-3-1-4-8-28)29-9-5-2-6-10-29;40-21-42-26-12-14-37-29(16-26)31-18-27(43-22-41)17-30(38-31)28-15-23(11-13-36-28)32-19-33-34(44-32)20-35(45-33)39(24-7-3-1-4-8-24)25-9-5-2-6-10-25/h1-24H;1-22H. The first-order valence-corrected chi connectivity index (χ1v) is 32.2. The fraction of sp³-hybridized carbons (Fsp3) is 0. The van der Waals surface area contributed by atoms with Crippen LogP contribution < -0.4 is 28.7 Å². The van der Waals surface area contributed by atoms with Crippen LogP contribution in [-0.2, 0) is 19.2 Å². The Morgan fingerprint density at radius 2 is 0.617 bits per heavy atom. The lowest BCUT2D eigenvalue weighted by Crippen LogP contribution is -2.07. The number of ether oxygens (including phenoxy) is 4. The second-order valence-corrected chi connectivity index (χ2v) is 25.0. The molecule has 20 heteroatoms. The van der Waals surface area contributed by atoms with Gasteiger partial charge in [0.05, 0.1) is 45.6 Å². The molecule has 0 atom stereocenters. The van der Waals surface area contributed by atoms with Crippen molar-refractivity contribution in [2.45, 2.75) is 0 Å². The van der Waals surface area contributed by atoms with E-state index < -0.39 is 0 Å². The third-order valence-corrected chi connectivity index (χ3v) is 19.3. The third kappa shape index (κ3) is 13.0. The van der Waals surface area contributed by atoms with Crippen LogP contribution in [0.3, 0.4) is 0 Å². The van der Waals surface area contributed by atoms with E-state index in [4.69, 9.17) is 28.9 Å². The van der Waals surface area contributed by atoms with Crippen molar-refractivity contribution < 1.29 is 38.1 Å². The molecule has 0 aliphatic carbocycles. The van der Waals surface area contributed by atoms with Crippen molar-refractivity contribution in [3.63, 3.8) is 0 Å². The second kappa shape index (κ2) is 27.3. The summed E-state index contributed by atoms with van der Waals surface area (Å²) in [5.74, 6) is 1.20. The Morgan fingerprint density at radius 1 is 0.287 bits per heavy atom. The smallest absolute Gasteiger partial charge is 0.298 e. The van der Waals surface area contributed by atoms with E-state index in [9.17, 15) is 19.2 Å². The number of nitrogens with zero attached hydrogens (tertiary/aromatic N) is 8. The van der Waals surface area contributed by atoms with E-state index in [-0.39, 0.29) is 11.5 Å². The Bertz CT molecular complexity index is 5080. The number of rotatable bonds is 20. The summed E-state index contributed by atoms with van der Waals surface area (Å²) >= 11 is 6.94. The molecular formula is C74H46N8O8S4. The van der Waals surface area contributed by atoms with Gasteiger partial charge in [0.2, 0.25) is 0 Å². The molecular weight excluding hydrogens is 1260 g/mol. The summed E-state index contributed by atoms with van der Waals surface area (Å²) in [6.07, 6.45) is 6.50. The zero-order valence-corrected chi connectivity index (χ0v) is 52.3. The Kier molecular flexibility index (Phi) is 17.3. The van der Waals surface area contributed by atoms with E-state index in [1.807, 2.05) is 48.5 Å². The van der Waals surface area contributed by atoms with E-state index in [2.05, 4.69) is 163 Å². The fourth-order valence-corrected chi connectivity index (χ4v) is 15.2. The molecule has 0 saturated carbocycles. The van der Waals surface area contributed by atoms with E-state index in [1.54, 1.807) is 106 Å². The molecule has 0 bridgehead atoms. The molecule has 10 aromatic heterocycles. The topological polar surface area (TPSA) is 189 Å². The average molecular weight is 1300 g/mol. The quantitative estimate of drug-likeness (QED) is 0.0655. The lowest BCUT2D eigenvalue weighted by Gasteiger charge is -2.23. The van der Waals surface area contributed by atoms with E-state index in [0.29, 0.717) is 82.9 Å². The molecule has 0 saturated heterocycles. The SMILES string of the molecule is O=COc1ccnc(-c2cc(OC=O)cc(-c3cc(-c4cc5cc6sc(N(c7ccccc7)c7ccccc7)cc6cc5s4)ccn3)n2)c1.O=COc1ccnc(-c2cc(OC=O)cc(-c3cc(-c4cc5sc(N(c6ccccc6)c6ccccc6)cc5s4)ccn3)n2)c1. The molecule has 0 radical (unpaired) electrons. The van der Waals surface area contributed by atoms with Gasteiger partial charge >= 0.3 is 0 Å². The van der Waals surface area contributed by atoms with Crippen molar-refractivity contribution in [1.82, 2.24) is 29.9 Å². The fourth-order valence-electron chi connectivity index (χ4n) is 10.6. The van der Waals surface area contributed by atoms with Crippen LogP contribution in [0, 0.1) is 0 Å². The third-order valence-electron chi connectivity index (χ3n) is 14.8. The number of hydrogen-bond acceptors (Lipinski definition) is 20. The number of benzene rings is 5. The van der Waals surface area contributed by atoms with Crippen molar-refractivity contribution >= 4 is 134 Å². The number of carbonyl (C=O) groups excluding carboxylic acids is 4. The highest BCUT2D eigenvalue weighted by atomic mass is 32.1. The van der Waals surface area contributed by atoms with Crippen molar-refractivity contribution in [3.8, 4) is 89.4 Å². The van der Waals surface area contributed by atoms with Gasteiger partial charge in [0.15, 0.2) is 0 Å². The minimum absolute atomic E-state index is 0.283. The lowest BCUT2D eigenvalue weighted by molar-refractivity contribution is -0.121. The Morgan fingerprint density at radius 3 is 1.04 bits per heavy atom. The van der Waals surface area contributed by atoms with Crippen LogP contribution in [0.4, 0.5) is 32.8 Å². The monoisotopic (exact) mass is 1300 g/mol. The van der Waals surface area contributed by atoms with Gasteiger partial charge in [0, 0.05) is 112 Å². The molecule has 5 aromatic carbocycles. The molecule has 0 aliphatic heterocycles. The second-order valence-electron chi connectivity index (χ2n) is 20.7. The first-order chi connectivity index (χ1) is 46.3. The maximum atomic E-state index is 11.2. The number of fused-ring (bicyclic) bond motifs is 3. The predicted octanol–water partition coefficient (Wildman–Crippen LogP) is 18.5. The van der Waals surface area contributed by atoms with Crippen LogP contribution in [-0.4, -0.2) is 55.8 Å². The van der Waals surface area contributed by atoms with Crippen LogP contribution in [0.5, 0.6) is 23.0 Å². The molecule has 0 fully saturated rings. The van der Waals surface area contributed by atoms with Gasteiger partial charge < -0.3 is 28.7 Å².